The van der Waals surface area contributed by atoms with Gasteiger partial charge in [0.15, 0.2) is 0 Å². The molecule has 0 fully saturated rings. The lowest BCUT2D eigenvalue weighted by Crippen LogP contribution is -1.83. The minimum absolute atomic E-state index is 0.0365. The summed E-state index contributed by atoms with van der Waals surface area (Å²) in [5.41, 5.74) is 5.95. The molecule has 1 heterocycles. The first-order valence-corrected chi connectivity index (χ1v) is 4.30. The Labute approximate surface area is 90.1 Å². The lowest BCUT2D eigenvalue weighted by molar-refractivity contribution is 0.435. The Hall–Kier alpha value is -2.68. The summed E-state index contributed by atoms with van der Waals surface area (Å²) in [7, 11) is 0. The van der Waals surface area contributed by atoms with Gasteiger partial charge in [0.05, 0.1) is 5.56 Å². The molecule has 2 rings (SSSR count). The van der Waals surface area contributed by atoms with Crippen LogP contribution in [0.25, 0.3) is 11.3 Å². The van der Waals surface area contributed by atoms with Crippen molar-refractivity contribution in [2.45, 2.75) is 0 Å². The van der Waals surface area contributed by atoms with E-state index in [4.69, 9.17) is 11.0 Å². The van der Waals surface area contributed by atoms with Crippen molar-refractivity contribution in [3.8, 4) is 28.8 Å². The summed E-state index contributed by atoms with van der Waals surface area (Å²) in [6.45, 7) is 0. The summed E-state index contributed by atoms with van der Waals surface area (Å²) in [5.74, 6) is -0.397. The van der Waals surface area contributed by atoms with Crippen molar-refractivity contribution < 1.29 is 14.7 Å². The molecule has 0 bridgehead atoms. The molecule has 16 heavy (non-hydrogen) atoms. The molecule has 0 saturated heterocycles. The number of aromatic hydroxyl groups is 2. The maximum absolute atomic E-state index is 9.58. The van der Waals surface area contributed by atoms with Gasteiger partial charge in [-0.15, -0.1) is 0 Å². The quantitative estimate of drug-likeness (QED) is 0.660. The van der Waals surface area contributed by atoms with Crippen LogP contribution in [0.1, 0.15) is 5.56 Å². The van der Waals surface area contributed by atoms with Crippen molar-refractivity contribution in [2.24, 2.45) is 0 Å². The molecule has 1 aromatic heterocycles. The number of hydrogen-bond donors (Lipinski definition) is 3. The Morgan fingerprint density at radius 3 is 2.56 bits per heavy atom. The number of phenolic OH excluding ortho intramolecular Hbond substituents is 2. The molecule has 2 aromatic rings. The summed E-state index contributed by atoms with van der Waals surface area (Å²) < 4.78 is 4.65. The van der Waals surface area contributed by atoms with Crippen LogP contribution in [0, 0.1) is 11.3 Å². The molecule has 0 aliphatic carbocycles. The van der Waals surface area contributed by atoms with Gasteiger partial charge in [0, 0.05) is 17.7 Å². The topological polar surface area (TPSA) is 116 Å². The van der Waals surface area contributed by atoms with Crippen LogP contribution < -0.4 is 5.73 Å². The fourth-order valence-corrected chi connectivity index (χ4v) is 1.29. The van der Waals surface area contributed by atoms with Crippen LogP contribution in [0.3, 0.4) is 0 Å². The van der Waals surface area contributed by atoms with E-state index in [0.29, 0.717) is 5.69 Å². The number of anilines is 1. The van der Waals surface area contributed by atoms with Gasteiger partial charge in [-0.2, -0.15) is 5.26 Å². The van der Waals surface area contributed by atoms with Gasteiger partial charge in [-0.3, -0.25) is 0 Å². The monoisotopic (exact) mass is 217 g/mol. The molecule has 0 aliphatic heterocycles. The van der Waals surface area contributed by atoms with Gasteiger partial charge in [0.2, 0.25) is 5.88 Å². The zero-order chi connectivity index (χ0) is 11.7. The molecular weight excluding hydrogens is 210 g/mol. The molecule has 0 spiro atoms. The summed E-state index contributed by atoms with van der Waals surface area (Å²) in [4.78, 5) is 0. The lowest BCUT2D eigenvalue weighted by atomic mass is 10.1. The predicted octanol–water partition coefficient (Wildman–Crippen LogP) is 1.21. The number of nitrogens with zero attached hydrogens (tertiary/aromatic N) is 2. The molecule has 0 amide bonds. The highest BCUT2D eigenvalue weighted by atomic mass is 16.5. The average Bonchev–Trinajstić information content (AvgIpc) is 2.65. The third-order valence-corrected chi connectivity index (χ3v) is 2.04. The fourth-order valence-electron chi connectivity index (χ4n) is 1.29. The second-order valence-electron chi connectivity index (χ2n) is 3.11. The Morgan fingerprint density at radius 2 is 2.00 bits per heavy atom. The van der Waals surface area contributed by atoms with Crippen LogP contribution in [0.15, 0.2) is 22.7 Å². The molecular formula is C10H7N3O3. The van der Waals surface area contributed by atoms with E-state index < -0.39 is 0 Å². The second-order valence-corrected chi connectivity index (χ2v) is 3.11. The Bertz CT molecular complexity index is 583. The van der Waals surface area contributed by atoms with Crippen LogP contribution >= 0.6 is 0 Å². The molecule has 6 nitrogen and oxygen atoms in total. The maximum atomic E-state index is 9.58. The first-order valence-electron chi connectivity index (χ1n) is 4.30. The van der Waals surface area contributed by atoms with E-state index in [-0.39, 0.29) is 28.5 Å². The predicted molar refractivity (Wildman–Crippen MR) is 54.4 cm³/mol. The zero-order valence-corrected chi connectivity index (χ0v) is 8.01. The molecule has 0 unspecified atom stereocenters. The molecule has 0 atom stereocenters. The number of aromatic nitrogens is 1. The largest absolute Gasteiger partial charge is 0.507 e. The number of nitrogens with two attached hydrogens (primary N) is 1. The van der Waals surface area contributed by atoms with E-state index in [2.05, 4.69) is 9.68 Å². The third kappa shape index (κ3) is 1.50. The highest BCUT2D eigenvalue weighted by Crippen LogP contribution is 2.34. The second kappa shape index (κ2) is 3.47. The van der Waals surface area contributed by atoms with Gasteiger partial charge in [0.25, 0.3) is 0 Å². The van der Waals surface area contributed by atoms with Crippen molar-refractivity contribution in [2.75, 3.05) is 5.73 Å². The van der Waals surface area contributed by atoms with Crippen molar-refractivity contribution in [1.82, 2.24) is 5.16 Å². The molecule has 4 N–H and O–H groups in total. The van der Waals surface area contributed by atoms with E-state index in [0.717, 1.165) is 6.07 Å². The van der Waals surface area contributed by atoms with E-state index in [1.807, 2.05) is 0 Å². The fraction of sp³-hybridized carbons (Fsp3) is 0. The van der Waals surface area contributed by atoms with Gasteiger partial charge < -0.3 is 20.5 Å². The number of phenols is 2. The van der Waals surface area contributed by atoms with Crippen LogP contribution in [-0.2, 0) is 0 Å². The van der Waals surface area contributed by atoms with Gasteiger partial charge in [0.1, 0.15) is 23.3 Å². The third-order valence-electron chi connectivity index (χ3n) is 2.04. The maximum Gasteiger partial charge on any atom is 0.222 e. The molecule has 80 valence electrons. The standard InChI is InChI=1S/C10H7N3O3/c11-4-5-1-6(9(15)3-8(5)14)7-2-10(12)16-13-7/h1-3,14-15H,12H2. The summed E-state index contributed by atoms with van der Waals surface area (Å²) in [5, 5.41) is 31.2. The lowest BCUT2D eigenvalue weighted by Gasteiger charge is -2.02. The minimum atomic E-state index is -0.291. The average molecular weight is 217 g/mol. The Morgan fingerprint density at radius 1 is 1.25 bits per heavy atom. The highest BCUT2D eigenvalue weighted by molar-refractivity contribution is 5.71. The van der Waals surface area contributed by atoms with Gasteiger partial charge in [-0.25, -0.2) is 0 Å². The number of nitriles is 1. The van der Waals surface area contributed by atoms with Crippen LogP contribution in [0.2, 0.25) is 0 Å². The summed E-state index contributed by atoms with van der Waals surface area (Å²) in [6.07, 6.45) is 0. The van der Waals surface area contributed by atoms with Gasteiger partial charge in [-0.05, 0) is 6.07 Å². The van der Waals surface area contributed by atoms with Gasteiger partial charge in [-0.1, -0.05) is 5.16 Å². The van der Waals surface area contributed by atoms with Crippen LogP contribution in [-0.4, -0.2) is 15.4 Å². The number of nitrogen functional groups attached to an aromatic ring is 1. The molecule has 1 aromatic carbocycles. The number of benzene rings is 1. The summed E-state index contributed by atoms with van der Waals surface area (Å²) in [6, 6.07) is 5.57. The smallest absolute Gasteiger partial charge is 0.222 e. The van der Waals surface area contributed by atoms with Crippen LogP contribution in [0.5, 0.6) is 11.5 Å². The van der Waals surface area contributed by atoms with E-state index >= 15 is 0 Å². The molecule has 0 aliphatic rings. The highest BCUT2D eigenvalue weighted by Gasteiger charge is 2.13. The van der Waals surface area contributed by atoms with Crippen molar-refractivity contribution >= 4 is 5.88 Å². The Kier molecular flexibility index (Phi) is 2.14. The number of rotatable bonds is 1. The van der Waals surface area contributed by atoms with Crippen molar-refractivity contribution in [3.05, 3.63) is 23.8 Å². The molecule has 0 saturated carbocycles. The minimum Gasteiger partial charge on any atom is -0.507 e. The SMILES string of the molecule is N#Cc1cc(-c2cc(N)on2)c(O)cc1O. The summed E-state index contributed by atoms with van der Waals surface area (Å²) >= 11 is 0. The normalized spacial score (nSPS) is 9.94. The first kappa shape index (κ1) is 9.86. The molecule has 6 heteroatoms. The first-order chi connectivity index (χ1) is 7.61. The van der Waals surface area contributed by atoms with E-state index in [1.54, 1.807) is 6.07 Å². The van der Waals surface area contributed by atoms with E-state index in [9.17, 15) is 10.2 Å². The van der Waals surface area contributed by atoms with Crippen molar-refractivity contribution in [3.63, 3.8) is 0 Å². The molecule has 0 radical (unpaired) electrons. The van der Waals surface area contributed by atoms with Gasteiger partial charge >= 0.3 is 0 Å². The van der Waals surface area contributed by atoms with Crippen LogP contribution in [0.4, 0.5) is 5.88 Å². The number of hydrogen-bond acceptors (Lipinski definition) is 6. The van der Waals surface area contributed by atoms with E-state index in [1.165, 1.54) is 12.1 Å². The van der Waals surface area contributed by atoms with Crippen molar-refractivity contribution in [1.29, 1.82) is 5.26 Å². The Balaban J connectivity index is 2.62. The zero-order valence-electron chi connectivity index (χ0n) is 8.01.